The topological polar surface area (TPSA) is 30.0 Å². The number of pyridine rings is 1. The number of hydrogen-bond donors (Lipinski definition) is 0. The maximum atomic E-state index is 11.9. The fourth-order valence-electron chi connectivity index (χ4n) is 1.66. The normalized spacial score (nSPS) is 10.4. The molecule has 2 rings (SSSR count). The van der Waals surface area contributed by atoms with Crippen LogP contribution < -0.4 is 0 Å². The number of rotatable bonds is 4. The largest absolute Gasteiger partial charge is 0.292 e. The van der Waals surface area contributed by atoms with Gasteiger partial charge in [-0.1, -0.05) is 43.3 Å². The Morgan fingerprint density at radius 1 is 1.24 bits per heavy atom. The molecular weight excluding hydrogens is 210 g/mol. The quantitative estimate of drug-likeness (QED) is 0.585. The second kappa shape index (κ2) is 4.91. The van der Waals surface area contributed by atoms with Crippen molar-refractivity contribution in [2.45, 2.75) is 19.8 Å². The molecule has 1 heterocycles. The molecule has 0 aliphatic rings. The van der Waals surface area contributed by atoms with Crippen LogP contribution in [-0.4, -0.2) is 10.8 Å². The van der Waals surface area contributed by atoms with Crippen LogP contribution in [0, 0.1) is 0 Å². The molecule has 0 atom stereocenters. The number of nitrogens with zero attached hydrogens (tertiary/aromatic N) is 1. The van der Waals surface area contributed by atoms with Gasteiger partial charge < -0.3 is 0 Å². The van der Waals surface area contributed by atoms with Gasteiger partial charge >= 0.3 is 0 Å². The van der Waals surface area contributed by atoms with E-state index in [4.69, 9.17) is 0 Å². The predicted octanol–water partition coefficient (Wildman–Crippen LogP) is 3.77. The summed E-state index contributed by atoms with van der Waals surface area (Å²) in [6.45, 7) is 5.86. The maximum Gasteiger partial charge on any atom is 0.185 e. The number of allylic oxidation sites excluding steroid dienone is 1. The second-order valence-electron chi connectivity index (χ2n) is 4.09. The van der Waals surface area contributed by atoms with Crippen LogP contribution in [0.1, 0.15) is 30.3 Å². The van der Waals surface area contributed by atoms with Gasteiger partial charge in [-0.2, -0.15) is 0 Å². The van der Waals surface area contributed by atoms with Gasteiger partial charge in [0, 0.05) is 11.8 Å². The highest BCUT2D eigenvalue weighted by Crippen LogP contribution is 2.14. The number of ketones is 1. The first kappa shape index (κ1) is 11.5. The maximum absolute atomic E-state index is 11.9. The zero-order chi connectivity index (χ0) is 12.3. The smallest absolute Gasteiger partial charge is 0.185 e. The Labute approximate surface area is 101 Å². The van der Waals surface area contributed by atoms with Crippen LogP contribution in [-0.2, 0) is 0 Å². The third kappa shape index (κ3) is 2.59. The summed E-state index contributed by atoms with van der Waals surface area (Å²) in [5, 5.41) is 1.05. The van der Waals surface area contributed by atoms with Crippen LogP contribution in [0.3, 0.4) is 0 Å². The summed E-state index contributed by atoms with van der Waals surface area (Å²) in [4.78, 5) is 16.3. The lowest BCUT2D eigenvalue weighted by Crippen LogP contribution is -2.03. The Kier molecular flexibility index (Phi) is 3.33. The van der Waals surface area contributed by atoms with E-state index in [1.54, 1.807) is 6.07 Å². The number of aromatic nitrogens is 1. The lowest BCUT2D eigenvalue weighted by atomic mass is 10.1. The highest BCUT2D eigenvalue weighted by molar-refractivity contribution is 5.97. The molecule has 0 aliphatic carbocycles. The van der Waals surface area contributed by atoms with Crippen LogP contribution in [0.4, 0.5) is 0 Å². The van der Waals surface area contributed by atoms with E-state index in [0.717, 1.165) is 22.9 Å². The van der Waals surface area contributed by atoms with Crippen LogP contribution >= 0.6 is 0 Å². The molecule has 0 amide bonds. The molecule has 0 N–H and O–H groups in total. The average Bonchev–Trinajstić information content (AvgIpc) is 2.38. The third-order valence-corrected chi connectivity index (χ3v) is 2.79. The SMILES string of the molecule is C=C(CC)CC(=O)c1ccc2ccccc2n1. The molecule has 17 heavy (non-hydrogen) atoms. The number of fused-ring (bicyclic) bond motifs is 1. The van der Waals surface area contributed by atoms with E-state index in [9.17, 15) is 4.79 Å². The summed E-state index contributed by atoms with van der Waals surface area (Å²) in [5.41, 5.74) is 2.34. The van der Waals surface area contributed by atoms with Crippen molar-refractivity contribution >= 4 is 16.7 Å². The van der Waals surface area contributed by atoms with E-state index >= 15 is 0 Å². The first-order valence-electron chi connectivity index (χ1n) is 5.76. The van der Waals surface area contributed by atoms with Crippen molar-refractivity contribution in [1.82, 2.24) is 4.98 Å². The molecule has 0 saturated heterocycles. The molecule has 0 spiro atoms. The molecule has 2 heteroatoms. The van der Waals surface area contributed by atoms with E-state index in [1.165, 1.54) is 0 Å². The molecule has 2 nitrogen and oxygen atoms in total. The van der Waals surface area contributed by atoms with Crippen LogP contribution in [0.15, 0.2) is 48.6 Å². The minimum atomic E-state index is 0.0441. The van der Waals surface area contributed by atoms with Crippen molar-refractivity contribution in [3.05, 3.63) is 54.2 Å². The lowest BCUT2D eigenvalue weighted by Gasteiger charge is -2.03. The van der Waals surface area contributed by atoms with Gasteiger partial charge in [-0.05, 0) is 18.6 Å². The fraction of sp³-hybridized carbons (Fsp3) is 0.200. The summed E-state index contributed by atoms with van der Waals surface area (Å²) in [5.74, 6) is 0.0441. The molecule has 0 aliphatic heterocycles. The Hall–Kier alpha value is -1.96. The standard InChI is InChI=1S/C15H15NO/c1-3-11(2)10-15(17)14-9-8-12-6-4-5-7-13(12)16-14/h4-9H,2-3,10H2,1H3. The number of benzene rings is 1. The molecular formula is C15H15NO. The zero-order valence-corrected chi connectivity index (χ0v) is 9.94. The molecule has 1 aromatic heterocycles. The Morgan fingerprint density at radius 3 is 2.76 bits per heavy atom. The molecule has 1 aromatic carbocycles. The number of carbonyl (C=O) groups excluding carboxylic acids is 1. The fourth-order valence-corrected chi connectivity index (χ4v) is 1.66. The van der Waals surface area contributed by atoms with Gasteiger partial charge in [0.25, 0.3) is 0 Å². The van der Waals surface area contributed by atoms with Gasteiger partial charge in [0.1, 0.15) is 5.69 Å². The minimum Gasteiger partial charge on any atom is -0.292 e. The number of carbonyl (C=O) groups is 1. The molecule has 0 unspecified atom stereocenters. The molecule has 2 aromatic rings. The highest BCUT2D eigenvalue weighted by Gasteiger charge is 2.08. The second-order valence-corrected chi connectivity index (χ2v) is 4.09. The average molecular weight is 225 g/mol. The Morgan fingerprint density at radius 2 is 2.00 bits per heavy atom. The molecule has 0 bridgehead atoms. The van der Waals surface area contributed by atoms with Crippen LogP contribution in [0.25, 0.3) is 10.9 Å². The monoisotopic (exact) mass is 225 g/mol. The summed E-state index contributed by atoms with van der Waals surface area (Å²) in [7, 11) is 0. The molecule has 0 fully saturated rings. The van der Waals surface area contributed by atoms with Gasteiger partial charge in [0.05, 0.1) is 5.52 Å². The van der Waals surface area contributed by atoms with Crippen molar-refractivity contribution in [2.75, 3.05) is 0 Å². The first-order chi connectivity index (χ1) is 8.20. The van der Waals surface area contributed by atoms with Gasteiger partial charge in [0.15, 0.2) is 5.78 Å². The van der Waals surface area contributed by atoms with Crippen LogP contribution in [0.2, 0.25) is 0 Å². The van der Waals surface area contributed by atoms with Crippen LogP contribution in [0.5, 0.6) is 0 Å². The first-order valence-corrected chi connectivity index (χ1v) is 5.76. The Bertz CT molecular complexity index is 572. The van der Waals surface area contributed by atoms with E-state index in [2.05, 4.69) is 11.6 Å². The third-order valence-electron chi connectivity index (χ3n) is 2.79. The molecule has 86 valence electrons. The van der Waals surface area contributed by atoms with E-state index in [-0.39, 0.29) is 5.78 Å². The molecule has 0 saturated carbocycles. The predicted molar refractivity (Wildman–Crippen MR) is 70.1 cm³/mol. The minimum absolute atomic E-state index is 0.0441. The van der Waals surface area contributed by atoms with Gasteiger partial charge in [-0.15, -0.1) is 0 Å². The van der Waals surface area contributed by atoms with Crippen molar-refractivity contribution in [1.29, 1.82) is 0 Å². The van der Waals surface area contributed by atoms with E-state index in [0.29, 0.717) is 12.1 Å². The number of Topliss-reactive ketones (excluding diaryl/α,β-unsaturated/α-hetero) is 1. The highest BCUT2D eigenvalue weighted by atomic mass is 16.1. The summed E-state index contributed by atoms with van der Waals surface area (Å²) < 4.78 is 0. The Balaban J connectivity index is 2.30. The van der Waals surface area contributed by atoms with Gasteiger partial charge in [0.2, 0.25) is 0 Å². The van der Waals surface area contributed by atoms with Crippen molar-refractivity contribution < 1.29 is 4.79 Å². The molecule has 0 radical (unpaired) electrons. The van der Waals surface area contributed by atoms with Crippen molar-refractivity contribution in [3.63, 3.8) is 0 Å². The van der Waals surface area contributed by atoms with E-state index < -0.39 is 0 Å². The van der Waals surface area contributed by atoms with E-state index in [1.807, 2.05) is 37.3 Å². The number of hydrogen-bond acceptors (Lipinski definition) is 2. The summed E-state index contributed by atoms with van der Waals surface area (Å²) in [6, 6.07) is 11.5. The van der Waals surface area contributed by atoms with Crippen molar-refractivity contribution in [3.8, 4) is 0 Å². The van der Waals surface area contributed by atoms with Crippen molar-refractivity contribution in [2.24, 2.45) is 0 Å². The van der Waals surface area contributed by atoms with Gasteiger partial charge in [-0.25, -0.2) is 4.98 Å². The summed E-state index contributed by atoms with van der Waals surface area (Å²) >= 11 is 0. The zero-order valence-electron chi connectivity index (χ0n) is 9.94. The summed E-state index contributed by atoms with van der Waals surface area (Å²) in [6.07, 6.45) is 1.22. The number of para-hydroxylation sites is 1. The van der Waals surface area contributed by atoms with Gasteiger partial charge in [-0.3, -0.25) is 4.79 Å². The lowest BCUT2D eigenvalue weighted by molar-refractivity contribution is 0.0988.